The number of hydrogen-bond donors (Lipinski definition) is 0. The van der Waals surface area contributed by atoms with Crippen LogP contribution in [0.1, 0.15) is 47.2 Å². The van der Waals surface area contributed by atoms with Crippen LogP contribution in [0.15, 0.2) is 107 Å². The van der Waals surface area contributed by atoms with Gasteiger partial charge in [0.2, 0.25) is 0 Å². The van der Waals surface area contributed by atoms with Gasteiger partial charge in [0.25, 0.3) is 11.4 Å². The van der Waals surface area contributed by atoms with Gasteiger partial charge in [0.05, 0.1) is 25.3 Å². The molecule has 3 aliphatic carbocycles. The lowest BCUT2D eigenvalue weighted by Gasteiger charge is -2.23. The first-order valence-electron chi connectivity index (χ1n) is 15.7. The summed E-state index contributed by atoms with van der Waals surface area (Å²) in [6.45, 7) is 20.4. The van der Waals surface area contributed by atoms with Crippen LogP contribution in [0.5, 0.6) is 0 Å². The van der Waals surface area contributed by atoms with Crippen LogP contribution in [0.4, 0.5) is 0 Å². The van der Waals surface area contributed by atoms with Crippen molar-refractivity contribution in [1.82, 2.24) is 0 Å². The molecule has 0 radical (unpaired) electrons. The van der Waals surface area contributed by atoms with E-state index >= 15 is 0 Å². The Morgan fingerprint density at radius 3 is 1.35 bits per heavy atom. The summed E-state index contributed by atoms with van der Waals surface area (Å²) in [7, 11) is 0. The molecule has 49 heavy (non-hydrogen) atoms. The second-order valence-electron chi connectivity index (χ2n) is 12.9. The van der Waals surface area contributed by atoms with Gasteiger partial charge in [-0.25, -0.2) is 20.2 Å². The average Bonchev–Trinajstić information content (AvgIpc) is 3.96. The molecule has 4 aromatic carbocycles. The molecule has 6 heteroatoms. The van der Waals surface area contributed by atoms with E-state index < -0.39 is 0 Å². The van der Waals surface area contributed by atoms with Gasteiger partial charge in [-0.3, -0.25) is 0 Å². The highest BCUT2D eigenvalue weighted by molar-refractivity contribution is 7.13. The summed E-state index contributed by atoms with van der Waals surface area (Å²) in [5.74, 6) is 0. The predicted octanol–water partition coefficient (Wildman–Crippen LogP) is 11.8. The minimum absolute atomic E-state index is 0.0765. The van der Waals surface area contributed by atoms with Crippen LogP contribution < -0.4 is 0 Å². The molecule has 0 atom stereocenters. The Balaban J connectivity index is 1.28. The van der Waals surface area contributed by atoms with Crippen LogP contribution in [0.3, 0.4) is 0 Å². The van der Waals surface area contributed by atoms with Gasteiger partial charge in [-0.2, -0.15) is 0 Å². The minimum Gasteiger partial charge on any atom is -0.226 e. The van der Waals surface area contributed by atoms with E-state index in [1.807, 2.05) is 22.9 Å². The Bertz CT molecular complexity index is 2490. The number of benzene rings is 4. The van der Waals surface area contributed by atoms with Crippen LogP contribution in [0.2, 0.25) is 0 Å². The first-order chi connectivity index (χ1) is 23.9. The van der Waals surface area contributed by atoms with Gasteiger partial charge in [-0.05, 0) is 137 Å². The van der Waals surface area contributed by atoms with E-state index in [0.29, 0.717) is 11.1 Å². The van der Waals surface area contributed by atoms with E-state index in [0.717, 1.165) is 76.5 Å². The summed E-state index contributed by atoms with van der Waals surface area (Å²) in [4.78, 5) is 9.66. The molecule has 0 aliphatic heterocycles. The van der Waals surface area contributed by atoms with Crippen molar-refractivity contribution in [2.75, 3.05) is 0 Å². The van der Waals surface area contributed by atoms with E-state index in [1.54, 1.807) is 22.7 Å². The van der Waals surface area contributed by atoms with Crippen molar-refractivity contribution in [3.8, 4) is 66.4 Å². The van der Waals surface area contributed by atoms with Crippen LogP contribution >= 0.6 is 22.7 Å². The van der Waals surface area contributed by atoms with E-state index in [2.05, 4.69) is 108 Å². The number of rotatable bonds is 2. The van der Waals surface area contributed by atoms with Crippen molar-refractivity contribution in [3.05, 3.63) is 163 Å². The van der Waals surface area contributed by atoms with Crippen LogP contribution in [-0.2, 0) is 5.41 Å². The monoisotopic (exact) mass is 658 g/mol. The molecular weight excluding hydrogens is 637 g/mol. The third-order valence-electron chi connectivity index (χ3n) is 10.2. The summed E-state index contributed by atoms with van der Waals surface area (Å²) in [6.07, 6.45) is 0. The van der Waals surface area contributed by atoms with Gasteiger partial charge in [0, 0.05) is 26.3 Å². The molecule has 6 aromatic rings. The summed E-state index contributed by atoms with van der Waals surface area (Å²) in [6, 6.07) is 34.1. The Labute approximate surface area is 292 Å². The van der Waals surface area contributed by atoms with Gasteiger partial charge in [0.15, 0.2) is 0 Å². The molecule has 0 amide bonds. The van der Waals surface area contributed by atoms with Gasteiger partial charge < -0.3 is 0 Å². The molecule has 9 rings (SSSR count). The first-order valence-corrected chi connectivity index (χ1v) is 17.4. The zero-order chi connectivity index (χ0) is 33.6. The van der Waals surface area contributed by atoms with Crippen LogP contribution in [0, 0.1) is 35.8 Å². The van der Waals surface area contributed by atoms with E-state index in [-0.39, 0.29) is 16.8 Å². The van der Waals surface area contributed by atoms with Gasteiger partial charge in [0.1, 0.15) is 0 Å². The highest BCUT2D eigenvalue weighted by atomic mass is 32.1. The summed E-state index contributed by atoms with van der Waals surface area (Å²) < 4.78 is 0. The molecular formula is C43H22N4S2. The standard InChI is InChI=1S/C43H22N4S2/c1-43(2)35-19-27-25-11-9-23(39-7-5-13-48-39)15-31(25)41(37(21-44)46-3)33(27)17-29(35)30-18-34-28(20-36(30)43)26-12-10-24(40-8-6-14-49-40)16-32(26)42(34)38(22-45)47-4/h5-20H,1-2H3/b41-37-,42-38+. The predicted molar refractivity (Wildman–Crippen MR) is 198 cm³/mol. The van der Waals surface area contributed by atoms with Crippen LogP contribution in [-0.4, -0.2) is 0 Å². The van der Waals surface area contributed by atoms with E-state index in [4.69, 9.17) is 13.1 Å². The summed E-state index contributed by atoms with van der Waals surface area (Å²) in [5, 5.41) is 24.4. The molecule has 3 aliphatic rings. The topological polar surface area (TPSA) is 56.3 Å². The molecule has 2 aromatic heterocycles. The van der Waals surface area contributed by atoms with Crippen molar-refractivity contribution in [3.63, 3.8) is 0 Å². The lowest BCUT2D eigenvalue weighted by molar-refractivity contribution is 0.661. The first kappa shape index (κ1) is 28.9. The fourth-order valence-electron chi connectivity index (χ4n) is 7.92. The summed E-state index contributed by atoms with van der Waals surface area (Å²) in [5.41, 5.74) is 15.4. The number of allylic oxidation sites excluding steroid dienone is 2. The number of thiophene rings is 2. The summed E-state index contributed by atoms with van der Waals surface area (Å²) >= 11 is 3.33. The van der Waals surface area contributed by atoms with Crippen LogP contribution in [0.25, 0.3) is 75.1 Å². The smallest absolute Gasteiger partial charge is 0.226 e. The zero-order valence-electron chi connectivity index (χ0n) is 26.3. The normalized spacial score (nSPS) is 15.7. The third kappa shape index (κ3) is 3.91. The lowest BCUT2D eigenvalue weighted by atomic mass is 9.80. The molecule has 0 bridgehead atoms. The van der Waals surface area contributed by atoms with Gasteiger partial charge in [-0.15, -0.1) is 22.7 Å². The van der Waals surface area contributed by atoms with E-state index in [9.17, 15) is 10.5 Å². The minimum atomic E-state index is -0.350. The Kier molecular flexibility index (Phi) is 6.11. The highest BCUT2D eigenvalue weighted by Crippen LogP contribution is 2.58. The van der Waals surface area contributed by atoms with Crippen molar-refractivity contribution < 1.29 is 0 Å². The largest absolute Gasteiger partial charge is 0.270 e. The maximum absolute atomic E-state index is 10.2. The van der Waals surface area contributed by atoms with E-state index in [1.165, 1.54) is 11.1 Å². The average molecular weight is 659 g/mol. The Morgan fingerprint density at radius 2 is 0.980 bits per heavy atom. The maximum Gasteiger partial charge on any atom is 0.270 e. The zero-order valence-corrected chi connectivity index (χ0v) is 28.0. The Hall–Kier alpha value is -6.28. The highest BCUT2D eigenvalue weighted by Gasteiger charge is 2.41. The van der Waals surface area contributed by atoms with Gasteiger partial charge in [-0.1, -0.05) is 50.2 Å². The fraction of sp³-hybridized carbons (Fsp3) is 0.0698. The van der Waals surface area contributed by atoms with Crippen molar-refractivity contribution in [1.29, 1.82) is 10.5 Å². The third-order valence-corrected chi connectivity index (χ3v) is 12.0. The number of fused-ring (bicyclic) bond motifs is 9. The molecule has 0 unspecified atom stereocenters. The number of nitrogens with zero attached hydrogens (tertiary/aromatic N) is 4. The molecule has 2 heterocycles. The number of nitriles is 2. The molecule has 0 spiro atoms. The second-order valence-corrected chi connectivity index (χ2v) is 14.8. The van der Waals surface area contributed by atoms with Crippen molar-refractivity contribution >= 4 is 33.8 Å². The van der Waals surface area contributed by atoms with Gasteiger partial charge >= 0.3 is 0 Å². The molecule has 0 saturated carbocycles. The fourth-order valence-corrected chi connectivity index (χ4v) is 9.37. The quantitative estimate of drug-likeness (QED) is 0.137. The van der Waals surface area contributed by atoms with Crippen molar-refractivity contribution in [2.24, 2.45) is 0 Å². The van der Waals surface area contributed by atoms with Crippen molar-refractivity contribution in [2.45, 2.75) is 19.3 Å². The Morgan fingerprint density at radius 1 is 0.551 bits per heavy atom. The molecule has 0 saturated heterocycles. The molecule has 0 fully saturated rings. The number of hydrogen-bond acceptors (Lipinski definition) is 4. The lowest BCUT2D eigenvalue weighted by Crippen LogP contribution is -2.15. The molecule has 0 N–H and O–H groups in total. The molecule has 226 valence electrons. The molecule has 4 nitrogen and oxygen atoms in total. The second kappa shape index (κ2) is 10.4. The SMILES string of the molecule is [C-]#[N+]/C(C#N)=C1/c2cc(-c3cccs3)ccc2-c2cc3c(cc21)-c1cc2c(cc1C3(C)C)-c1ccc(-c3cccs3)cc1/C2=C(/C#N)[N+]#[C-]. The maximum atomic E-state index is 10.2.